The van der Waals surface area contributed by atoms with E-state index in [0.29, 0.717) is 5.15 Å². The van der Waals surface area contributed by atoms with E-state index in [0.717, 1.165) is 5.69 Å². The molecule has 0 saturated carbocycles. The summed E-state index contributed by atoms with van der Waals surface area (Å²) in [5, 5.41) is 11.7. The van der Waals surface area contributed by atoms with Crippen LogP contribution in [0.4, 0.5) is 0 Å². The number of hydrogen-bond acceptors (Lipinski definition) is 3. The highest BCUT2D eigenvalue weighted by Gasteiger charge is 1.97. The minimum Gasteiger partial charge on any atom is -0.239 e. The Morgan fingerprint density at radius 2 is 2.33 bits per heavy atom. The van der Waals surface area contributed by atoms with Crippen LogP contribution in [0.2, 0.25) is 5.15 Å². The predicted octanol–water partition coefficient (Wildman–Crippen LogP) is 1.32. The van der Waals surface area contributed by atoms with Crippen LogP contribution in [0.3, 0.4) is 0 Å². The molecule has 0 unspecified atom stereocenters. The maximum absolute atomic E-state index is 5.65. The Labute approximate surface area is 73.8 Å². The minimum atomic E-state index is 0.364. The first-order chi connectivity index (χ1) is 5.86. The molecule has 2 aromatic heterocycles. The number of nitrogens with zero attached hydrogens (tertiary/aromatic N) is 4. The summed E-state index contributed by atoms with van der Waals surface area (Å²) >= 11 is 5.65. The summed E-state index contributed by atoms with van der Waals surface area (Å²) < 4.78 is 1.67. The van der Waals surface area contributed by atoms with Crippen LogP contribution < -0.4 is 0 Å². The molecular weight excluding hydrogens is 176 g/mol. The zero-order chi connectivity index (χ0) is 8.39. The quantitative estimate of drug-likeness (QED) is 0.665. The van der Waals surface area contributed by atoms with Crippen LogP contribution in [-0.2, 0) is 0 Å². The van der Waals surface area contributed by atoms with E-state index in [1.54, 1.807) is 23.1 Å². The van der Waals surface area contributed by atoms with Gasteiger partial charge in [0.2, 0.25) is 0 Å². The number of hydrogen-bond donors (Lipinski definition) is 0. The maximum Gasteiger partial charge on any atom is 0.153 e. The fourth-order valence-electron chi connectivity index (χ4n) is 0.878. The molecule has 0 spiro atoms. The average molecular weight is 181 g/mol. The second-order valence-electron chi connectivity index (χ2n) is 2.19. The van der Waals surface area contributed by atoms with Gasteiger partial charge in [-0.05, 0) is 6.07 Å². The van der Waals surface area contributed by atoms with Crippen LogP contribution in [0.15, 0.2) is 30.7 Å². The Hall–Kier alpha value is -1.42. The van der Waals surface area contributed by atoms with Crippen molar-refractivity contribution in [2.75, 3.05) is 0 Å². The van der Waals surface area contributed by atoms with E-state index in [1.165, 1.54) is 0 Å². The molecule has 0 aromatic carbocycles. The van der Waals surface area contributed by atoms with Crippen LogP contribution in [0.25, 0.3) is 5.69 Å². The highest BCUT2D eigenvalue weighted by atomic mass is 35.5. The van der Waals surface area contributed by atoms with Crippen molar-refractivity contribution in [3.8, 4) is 5.69 Å². The van der Waals surface area contributed by atoms with Gasteiger partial charge in [-0.2, -0.15) is 10.2 Å². The smallest absolute Gasteiger partial charge is 0.153 e. The molecule has 0 aliphatic carbocycles. The molecule has 5 heteroatoms. The molecule has 0 atom stereocenters. The molecule has 4 nitrogen and oxygen atoms in total. The van der Waals surface area contributed by atoms with Crippen LogP contribution in [0.1, 0.15) is 0 Å². The molecule has 2 heterocycles. The molecule has 12 heavy (non-hydrogen) atoms. The Kier molecular flexibility index (Phi) is 1.75. The van der Waals surface area contributed by atoms with E-state index in [1.807, 2.05) is 12.3 Å². The van der Waals surface area contributed by atoms with Gasteiger partial charge in [-0.3, -0.25) is 0 Å². The molecule has 2 rings (SSSR count). The van der Waals surface area contributed by atoms with E-state index in [4.69, 9.17) is 11.6 Å². The lowest BCUT2D eigenvalue weighted by Gasteiger charge is -1.98. The third kappa shape index (κ3) is 1.29. The molecule has 0 N–H and O–H groups in total. The lowest BCUT2D eigenvalue weighted by Crippen LogP contribution is -1.95. The highest BCUT2D eigenvalue weighted by molar-refractivity contribution is 6.29. The van der Waals surface area contributed by atoms with Crippen LogP contribution in [-0.4, -0.2) is 20.0 Å². The molecule has 0 bridgehead atoms. The minimum absolute atomic E-state index is 0.364. The Morgan fingerprint density at radius 1 is 1.42 bits per heavy atom. The van der Waals surface area contributed by atoms with Crippen molar-refractivity contribution in [2.24, 2.45) is 0 Å². The summed E-state index contributed by atoms with van der Waals surface area (Å²) in [5.41, 5.74) is 0.806. The first-order valence-corrected chi connectivity index (χ1v) is 3.72. The fourth-order valence-corrected chi connectivity index (χ4v) is 1.03. The SMILES string of the molecule is Clc1cc(-n2cccn2)cnn1. The van der Waals surface area contributed by atoms with E-state index >= 15 is 0 Å². The zero-order valence-corrected chi connectivity index (χ0v) is 6.81. The van der Waals surface area contributed by atoms with Gasteiger partial charge < -0.3 is 0 Å². The number of halogens is 1. The second kappa shape index (κ2) is 2.91. The highest BCUT2D eigenvalue weighted by Crippen LogP contribution is 2.08. The molecule has 0 fully saturated rings. The lowest BCUT2D eigenvalue weighted by molar-refractivity contribution is 0.859. The van der Waals surface area contributed by atoms with E-state index in [2.05, 4.69) is 15.3 Å². The van der Waals surface area contributed by atoms with Crippen molar-refractivity contribution in [2.45, 2.75) is 0 Å². The van der Waals surface area contributed by atoms with Crippen molar-refractivity contribution in [1.82, 2.24) is 20.0 Å². The number of rotatable bonds is 1. The molecule has 2 aromatic rings. The van der Waals surface area contributed by atoms with Crippen molar-refractivity contribution in [1.29, 1.82) is 0 Å². The molecule has 0 saturated heterocycles. The normalized spacial score (nSPS) is 10.1. The Morgan fingerprint density at radius 3 is 3.00 bits per heavy atom. The van der Waals surface area contributed by atoms with Crippen molar-refractivity contribution in [3.63, 3.8) is 0 Å². The lowest BCUT2D eigenvalue weighted by atomic mass is 10.5. The van der Waals surface area contributed by atoms with Gasteiger partial charge >= 0.3 is 0 Å². The monoisotopic (exact) mass is 180 g/mol. The molecule has 0 aliphatic rings. The summed E-state index contributed by atoms with van der Waals surface area (Å²) in [4.78, 5) is 0. The number of aromatic nitrogens is 4. The van der Waals surface area contributed by atoms with E-state index in [-0.39, 0.29) is 0 Å². The largest absolute Gasteiger partial charge is 0.239 e. The molecule has 0 aliphatic heterocycles. The first kappa shape index (κ1) is 7.24. The van der Waals surface area contributed by atoms with Gasteiger partial charge in [-0.15, -0.1) is 5.10 Å². The Bertz CT molecular complexity index is 371. The summed E-state index contributed by atoms with van der Waals surface area (Å²) in [6, 6.07) is 3.52. The summed E-state index contributed by atoms with van der Waals surface area (Å²) in [5.74, 6) is 0. The van der Waals surface area contributed by atoms with Gasteiger partial charge in [0.1, 0.15) is 0 Å². The van der Waals surface area contributed by atoms with Gasteiger partial charge in [-0.1, -0.05) is 11.6 Å². The van der Waals surface area contributed by atoms with Gasteiger partial charge in [0.25, 0.3) is 0 Å². The summed E-state index contributed by atoms with van der Waals surface area (Å²) in [6.07, 6.45) is 5.10. The zero-order valence-electron chi connectivity index (χ0n) is 6.05. The van der Waals surface area contributed by atoms with E-state index < -0.39 is 0 Å². The molecule has 0 amide bonds. The van der Waals surface area contributed by atoms with Gasteiger partial charge in [-0.25, -0.2) is 4.68 Å². The second-order valence-corrected chi connectivity index (χ2v) is 2.57. The van der Waals surface area contributed by atoms with Crippen molar-refractivity contribution >= 4 is 11.6 Å². The third-order valence-corrected chi connectivity index (χ3v) is 1.56. The first-order valence-electron chi connectivity index (χ1n) is 3.34. The standard InChI is InChI=1S/C7H5ClN4/c8-7-4-6(5-9-11-7)12-3-1-2-10-12/h1-5H. The van der Waals surface area contributed by atoms with Crippen molar-refractivity contribution in [3.05, 3.63) is 35.9 Å². The fraction of sp³-hybridized carbons (Fsp3) is 0. The van der Waals surface area contributed by atoms with Gasteiger partial charge in [0.15, 0.2) is 5.15 Å². The average Bonchev–Trinajstić information content (AvgIpc) is 2.56. The van der Waals surface area contributed by atoms with Crippen molar-refractivity contribution < 1.29 is 0 Å². The molecule has 60 valence electrons. The maximum atomic E-state index is 5.65. The van der Waals surface area contributed by atoms with Crippen LogP contribution >= 0.6 is 11.6 Å². The van der Waals surface area contributed by atoms with E-state index in [9.17, 15) is 0 Å². The summed E-state index contributed by atoms with van der Waals surface area (Å²) in [6.45, 7) is 0. The van der Waals surface area contributed by atoms with Crippen LogP contribution in [0.5, 0.6) is 0 Å². The third-order valence-electron chi connectivity index (χ3n) is 1.38. The Balaban J connectivity index is 2.48. The van der Waals surface area contributed by atoms with Gasteiger partial charge in [0.05, 0.1) is 11.9 Å². The topological polar surface area (TPSA) is 43.6 Å². The predicted molar refractivity (Wildman–Crippen MR) is 44.2 cm³/mol. The molecular formula is C7H5ClN4. The summed E-state index contributed by atoms with van der Waals surface area (Å²) in [7, 11) is 0. The molecule has 0 radical (unpaired) electrons. The van der Waals surface area contributed by atoms with Gasteiger partial charge in [0, 0.05) is 18.5 Å². The van der Waals surface area contributed by atoms with Crippen LogP contribution in [0, 0.1) is 0 Å².